The second-order valence-corrected chi connectivity index (χ2v) is 5.56. The summed E-state index contributed by atoms with van der Waals surface area (Å²) in [5, 5.41) is 0. The van der Waals surface area contributed by atoms with Crippen LogP contribution in [0.2, 0.25) is 0 Å². The predicted molar refractivity (Wildman–Crippen MR) is 91.0 cm³/mol. The van der Waals surface area contributed by atoms with E-state index in [4.69, 9.17) is 0 Å². The van der Waals surface area contributed by atoms with Gasteiger partial charge in [0.15, 0.2) is 0 Å². The van der Waals surface area contributed by atoms with Gasteiger partial charge in [0.2, 0.25) is 0 Å². The molecule has 0 aromatic carbocycles. The Labute approximate surface area is 127 Å². The van der Waals surface area contributed by atoms with Gasteiger partial charge in [0.1, 0.15) is 0 Å². The number of rotatable bonds is 11. The number of hydrogen-bond donors (Lipinski definition) is 0. The lowest BCUT2D eigenvalue weighted by atomic mass is 10.1. The van der Waals surface area contributed by atoms with Crippen LogP contribution in [0.4, 0.5) is 0 Å². The van der Waals surface area contributed by atoms with Crippen LogP contribution >= 0.6 is 0 Å². The molecule has 116 valence electrons. The summed E-state index contributed by atoms with van der Waals surface area (Å²) in [6, 6.07) is 5.72. The minimum atomic E-state index is 1.37. The Hall–Kier alpha value is -0.850. The van der Waals surface area contributed by atoms with E-state index < -0.39 is 0 Å². The van der Waals surface area contributed by atoms with Gasteiger partial charge in [-0.3, -0.25) is 4.98 Å². The van der Waals surface area contributed by atoms with Crippen molar-refractivity contribution in [1.29, 1.82) is 0 Å². The molecular weight excluding hydrogens is 242 g/mol. The summed E-state index contributed by atoms with van der Waals surface area (Å²) in [5.41, 5.74) is 0. The van der Waals surface area contributed by atoms with Gasteiger partial charge in [-0.05, 0) is 12.1 Å². The summed E-state index contributed by atoms with van der Waals surface area (Å²) in [7, 11) is 0. The number of pyridine rings is 1. The molecule has 1 aromatic rings. The van der Waals surface area contributed by atoms with E-state index in [2.05, 4.69) is 18.8 Å². The summed E-state index contributed by atoms with van der Waals surface area (Å²) in [6.45, 7) is 4.57. The molecule has 0 N–H and O–H groups in total. The molecule has 1 aromatic heterocycles. The fourth-order valence-electron chi connectivity index (χ4n) is 2.23. The monoisotopic (exact) mass is 277 g/mol. The minimum absolute atomic E-state index is 1.37. The van der Waals surface area contributed by atoms with Gasteiger partial charge < -0.3 is 0 Å². The highest BCUT2D eigenvalue weighted by Gasteiger charge is 1.91. The van der Waals surface area contributed by atoms with E-state index in [1.54, 1.807) is 12.4 Å². The molecule has 1 heteroatoms. The van der Waals surface area contributed by atoms with Crippen molar-refractivity contribution in [3.05, 3.63) is 30.6 Å². The highest BCUT2D eigenvalue weighted by Crippen LogP contribution is 2.11. The third kappa shape index (κ3) is 17.2. The molecule has 1 nitrogen and oxygen atoms in total. The molecule has 0 saturated carbocycles. The van der Waals surface area contributed by atoms with Gasteiger partial charge in [0.25, 0.3) is 0 Å². The molecule has 0 amide bonds. The fourth-order valence-corrected chi connectivity index (χ4v) is 2.23. The van der Waals surface area contributed by atoms with Gasteiger partial charge in [-0.25, -0.2) is 0 Å². The lowest BCUT2D eigenvalue weighted by Crippen LogP contribution is -1.81. The zero-order valence-corrected chi connectivity index (χ0v) is 13.8. The third-order valence-corrected chi connectivity index (χ3v) is 3.52. The average molecular weight is 277 g/mol. The Bertz CT molecular complexity index is 206. The quantitative estimate of drug-likeness (QED) is 0.406. The maximum Gasteiger partial charge on any atom is 0.0267 e. The molecule has 1 rings (SSSR count). The van der Waals surface area contributed by atoms with Gasteiger partial charge in [0, 0.05) is 12.4 Å². The molecule has 0 saturated heterocycles. The summed E-state index contributed by atoms with van der Waals surface area (Å²) in [4.78, 5) is 3.78. The molecule has 1 heterocycles. The van der Waals surface area contributed by atoms with Crippen LogP contribution < -0.4 is 0 Å². The largest absolute Gasteiger partial charge is 0.265 e. The Morgan fingerprint density at radius 3 is 1.05 bits per heavy atom. The molecule has 0 bridgehead atoms. The van der Waals surface area contributed by atoms with Gasteiger partial charge >= 0.3 is 0 Å². The van der Waals surface area contributed by atoms with Crippen LogP contribution in [-0.2, 0) is 0 Å². The van der Waals surface area contributed by atoms with Crippen LogP contribution in [0.1, 0.15) is 90.9 Å². The Kier molecular flexibility index (Phi) is 17.4. The normalized spacial score (nSPS) is 9.90. The molecule has 0 radical (unpaired) electrons. The van der Waals surface area contributed by atoms with Crippen LogP contribution in [0.5, 0.6) is 0 Å². The van der Waals surface area contributed by atoms with E-state index in [-0.39, 0.29) is 0 Å². The SMILES string of the molecule is CCCCCCCCCCCCCC.c1ccncc1. The Balaban J connectivity index is 0.000000493. The van der Waals surface area contributed by atoms with Crippen LogP contribution in [0.25, 0.3) is 0 Å². The topological polar surface area (TPSA) is 12.9 Å². The Morgan fingerprint density at radius 2 is 0.850 bits per heavy atom. The molecule has 0 aliphatic rings. The molecule has 0 aliphatic carbocycles. The van der Waals surface area contributed by atoms with Crippen molar-refractivity contribution >= 4 is 0 Å². The van der Waals surface area contributed by atoms with E-state index in [1.165, 1.54) is 77.0 Å². The molecule has 0 fully saturated rings. The molecule has 0 aliphatic heterocycles. The van der Waals surface area contributed by atoms with Crippen molar-refractivity contribution in [2.24, 2.45) is 0 Å². The number of unbranched alkanes of at least 4 members (excludes halogenated alkanes) is 11. The molecular formula is C19H35N. The highest BCUT2D eigenvalue weighted by atomic mass is 14.6. The first-order valence-corrected chi connectivity index (χ1v) is 8.76. The van der Waals surface area contributed by atoms with E-state index >= 15 is 0 Å². The minimum Gasteiger partial charge on any atom is -0.265 e. The molecule has 0 unspecified atom stereocenters. The van der Waals surface area contributed by atoms with Gasteiger partial charge in [0.05, 0.1) is 0 Å². The molecule has 0 spiro atoms. The lowest BCUT2D eigenvalue weighted by molar-refractivity contribution is 0.548. The first kappa shape index (κ1) is 19.1. The maximum absolute atomic E-state index is 3.78. The number of hydrogen-bond acceptors (Lipinski definition) is 1. The van der Waals surface area contributed by atoms with Crippen molar-refractivity contribution in [2.45, 2.75) is 90.9 Å². The van der Waals surface area contributed by atoms with Crippen LogP contribution in [0, 0.1) is 0 Å². The van der Waals surface area contributed by atoms with Gasteiger partial charge in [-0.1, -0.05) is 97.0 Å². The molecule has 20 heavy (non-hydrogen) atoms. The van der Waals surface area contributed by atoms with Crippen molar-refractivity contribution in [1.82, 2.24) is 4.98 Å². The summed E-state index contributed by atoms with van der Waals surface area (Å²) in [5.74, 6) is 0. The second-order valence-electron chi connectivity index (χ2n) is 5.56. The third-order valence-electron chi connectivity index (χ3n) is 3.52. The van der Waals surface area contributed by atoms with E-state index in [0.717, 1.165) is 0 Å². The predicted octanol–water partition coefficient (Wildman–Crippen LogP) is 6.79. The Morgan fingerprint density at radius 1 is 0.500 bits per heavy atom. The average Bonchev–Trinajstić information content (AvgIpc) is 2.52. The first-order valence-electron chi connectivity index (χ1n) is 8.76. The lowest BCUT2D eigenvalue weighted by Gasteiger charge is -2.01. The van der Waals surface area contributed by atoms with Crippen LogP contribution in [0.15, 0.2) is 30.6 Å². The van der Waals surface area contributed by atoms with Crippen molar-refractivity contribution in [3.63, 3.8) is 0 Å². The summed E-state index contributed by atoms with van der Waals surface area (Å²) < 4.78 is 0. The van der Waals surface area contributed by atoms with E-state index in [0.29, 0.717) is 0 Å². The van der Waals surface area contributed by atoms with Gasteiger partial charge in [-0.15, -0.1) is 0 Å². The second kappa shape index (κ2) is 18.1. The standard InChI is InChI=1S/C14H30.C5H5N/c1-3-5-7-9-11-13-14-12-10-8-6-4-2;1-2-4-6-5-3-1/h3-14H2,1-2H3;1-5H. The van der Waals surface area contributed by atoms with E-state index in [1.807, 2.05) is 18.2 Å². The highest BCUT2D eigenvalue weighted by molar-refractivity contribution is 4.88. The summed E-state index contributed by atoms with van der Waals surface area (Å²) in [6.07, 6.45) is 20.9. The number of nitrogens with zero attached hydrogens (tertiary/aromatic N) is 1. The molecule has 0 atom stereocenters. The fraction of sp³-hybridized carbons (Fsp3) is 0.737. The summed E-state index contributed by atoms with van der Waals surface area (Å²) >= 11 is 0. The zero-order chi connectivity index (χ0) is 14.7. The van der Waals surface area contributed by atoms with Crippen molar-refractivity contribution < 1.29 is 0 Å². The first-order chi connectivity index (χ1) is 9.91. The van der Waals surface area contributed by atoms with Crippen molar-refractivity contribution in [3.8, 4) is 0 Å². The number of aromatic nitrogens is 1. The zero-order valence-electron chi connectivity index (χ0n) is 13.8. The smallest absolute Gasteiger partial charge is 0.0267 e. The van der Waals surface area contributed by atoms with Gasteiger partial charge in [-0.2, -0.15) is 0 Å². The van der Waals surface area contributed by atoms with Crippen molar-refractivity contribution in [2.75, 3.05) is 0 Å². The van der Waals surface area contributed by atoms with Crippen LogP contribution in [0.3, 0.4) is 0 Å². The van der Waals surface area contributed by atoms with Crippen LogP contribution in [-0.4, -0.2) is 4.98 Å². The maximum atomic E-state index is 3.78. The van der Waals surface area contributed by atoms with E-state index in [9.17, 15) is 0 Å².